The van der Waals surface area contributed by atoms with E-state index in [1.54, 1.807) is 11.3 Å². The number of H-pyrrole nitrogens is 1. The summed E-state index contributed by atoms with van der Waals surface area (Å²) in [6.45, 7) is 4.85. The molecule has 2 aromatic heterocycles. The third kappa shape index (κ3) is 2.97. The van der Waals surface area contributed by atoms with Crippen molar-refractivity contribution in [2.24, 2.45) is 7.05 Å². The van der Waals surface area contributed by atoms with Gasteiger partial charge in [0, 0.05) is 29.0 Å². The monoisotopic (exact) mass is 384 g/mol. The summed E-state index contributed by atoms with van der Waals surface area (Å²) in [6.07, 6.45) is 3.38. The van der Waals surface area contributed by atoms with E-state index in [1.807, 2.05) is 41.0 Å². The summed E-state index contributed by atoms with van der Waals surface area (Å²) in [6, 6.07) is 12.4. The van der Waals surface area contributed by atoms with E-state index in [2.05, 4.69) is 29.9 Å². The number of nitrogens with one attached hydrogen (secondary N) is 1. The smallest absolute Gasteiger partial charge is 0.246 e. The molecule has 1 aliphatic rings. The number of fused-ring (bicyclic) bond motifs is 1. The van der Waals surface area contributed by atoms with Gasteiger partial charge in [0.2, 0.25) is 5.91 Å². The van der Waals surface area contributed by atoms with E-state index < -0.39 is 0 Å². The molecule has 0 aliphatic carbocycles. The maximum Gasteiger partial charge on any atom is 0.246 e. The Morgan fingerprint density at radius 2 is 2.19 bits per heavy atom. The zero-order valence-electron chi connectivity index (χ0n) is 14.4. The molecule has 26 heavy (non-hydrogen) atoms. The Balaban J connectivity index is 1.84. The summed E-state index contributed by atoms with van der Waals surface area (Å²) < 4.78 is 2.68. The first kappa shape index (κ1) is 17.1. The predicted molar refractivity (Wildman–Crippen MR) is 104 cm³/mol. The lowest BCUT2D eigenvalue weighted by Crippen LogP contribution is -2.37. The van der Waals surface area contributed by atoms with E-state index in [9.17, 15) is 4.79 Å². The van der Waals surface area contributed by atoms with Crippen molar-refractivity contribution >= 4 is 28.8 Å². The van der Waals surface area contributed by atoms with Crippen molar-refractivity contribution in [3.05, 3.63) is 75.6 Å². The molecule has 3 aromatic rings. The standard InChI is InChI=1S/C20H18ClN3OS/c1-3-20(25)24-11-16(15-10-19(21)26-18(15)12-24)13-6-4-5-7-14(13)17-8-9-23(2)22-17/h3-10,16H,1,11-12H2,2H3/p+1/t16-/m1/s1. The summed E-state index contributed by atoms with van der Waals surface area (Å²) in [4.78, 5) is 15.3. The first-order valence-electron chi connectivity index (χ1n) is 8.40. The number of carbonyl (C=O) groups is 1. The van der Waals surface area contributed by atoms with Gasteiger partial charge in [-0.2, -0.15) is 5.10 Å². The quantitative estimate of drug-likeness (QED) is 0.540. The van der Waals surface area contributed by atoms with Gasteiger partial charge in [0.1, 0.15) is 5.69 Å². The maximum absolute atomic E-state index is 12.3. The average molecular weight is 385 g/mol. The van der Waals surface area contributed by atoms with Crippen LogP contribution in [0.3, 0.4) is 0 Å². The Kier molecular flexibility index (Phi) is 4.42. The third-order valence-corrected chi connectivity index (χ3v) is 6.06. The van der Waals surface area contributed by atoms with Crippen LogP contribution in [-0.2, 0) is 18.4 Å². The van der Waals surface area contributed by atoms with Crippen molar-refractivity contribution in [1.29, 1.82) is 0 Å². The number of amides is 1. The van der Waals surface area contributed by atoms with Crippen LogP contribution >= 0.6 is 22.9 Å². The Morgan fingerprint density at radius 1 is 1.38 bits per heavy atom. The van der Waals surface area contributed by atoms with Crippen LogP contribution in [0.1, 0.15) is 21.9 Å². The second-order valence-corrected chi connectivity index (χ2v) is 8.21. The van der Waals surface area contributed by atoms with Crippen LogP contribution in [0.4, 0.5) is 0 Å². The lowest BCUT2D eigenvalue weighted by atomic mass is 9.85. The molecule has 4 nitrogen and oxygen atoms in total. The van der Waals surface area contributed by atoms with E-state index in [4.69, 9.17) is 11.6 Å². The summed E-state index contributed by atoms with van der Waals surface area (Å²) >= 11 is 7.86. The molecule has 0 bridgehead atoms. The molecule has 1 atom stereocenters. The van der Waals surface area contributed by atoms with E-state index in [0.29, 0.717) is 13.1 Å². The van der Waals surface area contributed by atoms with Crippen molar-refractivity contribution in [2.75, 3.05) is 6.54 Å². The van der Waals surface area contributed by atoms with Gasteiger partial charge in [-0.25, -0.2) is 0 Å². The number of thiophene rings is 1. The molecular formula is C20H19ClN3OS+. The van der Waals surface area contributed by atoms with E-state index >= 15 is 0 Å². The fourth-order valence-electron chi connectivity index (χ4n) is 3.59. The molecule has 0 radical (unpaired) electrons. The van der Waals surface area contributed by atoms with Gasteiger partial charge in [-0.3, -0.25) is 4.79 Å². The highest BCUT2D eigenvalue weighted by Crippen LogP contribution is 2.42. The molecule has 0 spiro atoms. The topological polar surface area (TPSA) is 40.0 Å². The number of halogens is 1. The zero-order chi connectivity index (χ0) is 18.3. The molecule has 1 aliphatic heterocycles. The molecule has 0 fully saturated rings. The lowest BCUT2D eigenvalue weighted by molar-refractivity contribution is -0.726. The van der Waals surface area contributed by atoms with Crippen molar-refractivity contribution in [3.63, 3.8) is 0 Å². The van der Waals surface area contributed by atoms with Crippen LogP contribution in [0.5, 0.6) is 0 Å². The number of aromatic nitrogens is 2. The highest BCUT2D eigenvalue weighted by atomic mass is 35.5. The van der Waals surface area contributed by atoms with Crippen LogP contribution < -0.4 is 4.68 Å². The molecule has 4 rings (SSSR count). The molecule has 3 heterocycles. The Morgan fingerprint density at radius 3 is 2.92 bits per heavy atom. The van der Waals surface area contributed by atoms with Crippen LogP contribution in [0.15, 0.2) is 55.3 Å². The Labute approximate surface area is 161 Å². The first-order chi connectivity index (χ1) is 12.6. The number of hydrogen-bond acceptors (Lipinski definition) is 2. The molecule has 0 unspecified atom stereocenters. The largest absolute Gasteiger partial charge is 0.333 e. The van der Waals surface area contributed by atoms with Crippen molar-refractivity contribution in [2.45, 2.75) is 12.5 Å². The molecule has 1 N–H and O–H groups in total. The van der Waals surface area contributed by atoms with E-state index in [0.717, 1.165) is 20.5 Å². The predicted octanol–water partition coefficient (Wildman–Crippen LogP) is 3.88. The number of rotatable bonds is 3. The van der Waals surface area contributed by atoms with Gasteiger partial charge in [-0.15, -0.1) is 16.0 Å². The van der Waals surface area contributed by atoms with Crippen LogP contribution in [-0.4, -0.2) is 22.5 Å². The van der Waals surface area contributed by atoms with Gasteiger partial charge in [0.05, 0.1) is 10.9 Å². The molecule has 6 heteroatoms. The molecule has 1 aromatic carbocycles. The number of nitrogens with zero attached hydrogens (tertiary/aromatic N) is 2. The van der Waals surface area contributed by atoms with E-state index in [-0.39, 0.29) is 11.8 Å². The second kappa shape index (κ2) is 6.74. The normalized spacial score (nSPS) is 16.4. The highest BCUT2D eigenvalue weighted by Gasteiger charge is 2.32. The number of benzene rings is 1. The molecule has 132 valence electrons. The summed E-state index contributed by atoms with van der Waals surface area (Å²) in [7, 11) is 1.97. The molecular weight excluding hydrogens is 366 g/mol. The van der Waals surface area contributed by atoms with Gasteiger partial charge in [0.25, 0.3) is 0 Å². The zero-order valence-corrected chi connectivity index (χ0v) is 16.0. The maximum atomic E-state index is 12.3. The summed E-state index contributed by atoms with van der Waals surface area (Å²) in [5, 5.41) is 3.34. The first-order valence-corrected chi connectivity index (χ1v) is 9.59. The van der Waals surface area contributed by atoms with Gasteiger partial charge in [0.15, 0.2) is 13.2 Å². The van der Waals surface area contributed by atoms with Crippen LogP contribution in [0.25, 0.3) is 11.3 Å². The summed E-state index contributed by atoms with van der Waals surface area (Å²) in [5.41, 5.74) is 4.60. The van der Waals surface area contributed by atoms with Gasteiger partial charge in [-0.05, 0) is 23.3 Å². The number of aromatic amines is 1. The van der Waals surface area contributed by atoms with Gasteiger partial charge in [-0.1, -0.05) is 42.4 Å². The SMILES string of the molecule is C=CC(=O)N1Cc2sc(Cl)cc2[C@@H](c2ccccc2-c2cc[n+](C)[nH]2)C1. The van der Waals surface area contributed by atoms with Crippen molar-refractivity contribution < 1.29 is 9.48 Å². The number of hydrogen-bond donors (Lipinski definition) is 1. The minimum Gasteiger partial charge on any atom is -0.333 e. The number of aryl methyl sites for hydroxylation is 1. The minimum absolute atomic E-state index is 0.0473. The second-order valence-electron chi connectivity index (χ2n) is 6.44. The lowest BCUT2D eigenvalue weighted by Gasteiger charge is -2.33. The summed E-state index contributed by atoms with van der Waals surface area (Å²) in [5.74, 6) is 0.0325. The van der Waals surface area contributed by atoms with E-state index in [1.165, 1.54) is 17.2 Å². The van der Waals surface area contributed by atoms with Crippen LogP contribution in [0, 0.1) is 0 Å². The van der Waals surface area contributed by atoms with Crippen LogP contribution in [0.2, 0.25) is 4.34 Å². The van der Waals surface area contributed by atoms with Crippen molar-refractivity contribution in [1.82, 2.24) is 10.00 Å². The highest BCUT2D eigenvalue weighted by molar-refractivity contribution is 7.16. The Bertz CT molecular complexity index is 991. The fraction of sp³-hybridized carbons (Fsp3) is 0.200. The fourth-order valence-corrected chi connectivity index (χ4v) is 4.95. The Hall–Kier alpha value is -2.37. The molecule has 0 saturated carbocycles. The number of carbonyl (C=O) groups excluding carboxylic acids is 1. The van der Waals surface area contributed by atoms with Crippen molar-refractivity contribution in [3.8, 4) is 11.3 Å². The van der Waals surface area contributed by atoms with Gasteiger partial charge >= 0.3 is 0 Å². The van der Waals surface area contributed by atoms with Gasteiger partial charge < -0.3 is 4.90 Å². The third-order valence-electron chi connectivity index (χ3n) is 4.80. The molecule has 0 saturated heterocycles. The minimum atomic E-state index is -0.0473. The average Bonchev–Trinajstić information content (AvgIpc) is 3.24. The molecule has 1 amide bonds.